The Kier molecular flexibility index (Phi) is 5.96. The summed E-state index contributed by atoms with van der Waals surface area (Å²) in [6, 6.07) is 5.05. The fourth-order valence-electron chi connectivity index (χ4n) is 4.40. The van der Waals surface area contributed by atoms with Crippen molar-refractivity contribution in [3.05, 3.63) is 46.5 Å². The van der Waals surface area contributed by atoms with Crippen molar-refractivity contribution in [1.29, 1.82) is 0 Å². The number of carbonyl (C=O) groups is 1. The van der Waals surface area contributed by atoms with Gasteiger partial charge in [0.1, 0.15) is 23.9 Å². The SMILES string of the molecule is [C-]#[N+]c1ccc(Nc2ncnc(OC3C4COCC3CN(C(=O)OC3(C)CC3)C4)c2C)c(Cl)c1. The van der Waals surface area contributed by atoms with E-state index in [0.29, 0.717) is 54.4 Å². The summed E-state index contributed by atoms with van der Waals surface area (Å²) in [5.41, 5.74) is 1.56. The number of hydrogen-bond donors (Lipinski definition) is 1. The minimum absolute atomic E-state index is 0.0217. The molecule has 1 saturated carbocycles. The van der Waals surface area contributed by atoms with E-state index in [0.717, 1.165) is 18.4 Å². The van der Waals surface area contributed by atoms with Gasteiger partial charge in [0, 0.05) is 24.9 Å². The van der Waals surface area contributed by atoms with Crippen LogP contribution in [-0.4, -0.2) is 59.0 Å². The molecule has 2 unspecified atom stereocenters. The third-order valence-electron chi connectivity index (χ3n) is 6.67. The average Bonchev–Trinajstić information content (AvgIpc) is 3.53. The summed E-state index contributed by atoms with van der Waals surface area (Å²) in [5, 5.41) is 3.64. The fraction of sp³-hybridized carbons (Fsp3) is 0.500. The van der Waals surface area contributed by atoms with E-state index in [-0.39, 0.29) is 29.6 Å². The molecule has 9 nitrogen and oxygen atoms in total. The van der Waals surface area contributed by atoms with Crippen molar-refractivity contribution in [3.8, 4) is 5.88 Å². The molecule has 5 rings (SSSR count). The molecule has 2 bridgehead atoms. The van der Waals surface area contributed by atoms with E-state index >= 15 is 0 Å². The van der Waals surface area contributed by atoms with Crippen LogP contribution in [0.2, 0.25) is 5.02 Å². The number of carbonyl (C=O) groups excluding carboxylic acids is 1. The van der Waals surface area contributed by atoms with E-state index in [1.165, 1.54) is 6.33 Å². The summed E-state index contributed by atoms with van der Waals surface area (Å²) in [4.78, 5) is 26.5. The monoisotopic (exact) mass is 483 g/mol. The number of benzene rings is 1. The first-order valence-corrected chi connectivity index (χ1v) is 11.7. The summed E-state index contributed by atoms with van der Waals surface area (Å²) in [5.74, 6) is 1.10. The molecule has 3 heterocycles. The predicted molar refractivity (Wildman–Crippen MR) is 126 cm³/mol. The Hall–Kier alpha value is -3.09. The van der Waals surface area contributed by atoms with Gasteiger partial charge in [-0.15, -0.1) is 0 Å². The zero-order valence-electron chi connectivity index (χ0n) is 19.1. The molecule has 0 radical (unpaired) electrons. The van der Waals surface area contributed by atoms with Crippen molar-refractivity contribution in [1.82, 2.24) is 14.9 Å². The molecule has 2 saturated heterocycles. The van der Waals surface area contributed by atoms with Crippen molar-refractivity contribution in [2.75, 3.05) is 31.6 Å². The fourth-order valence-corrected chi connectivity index (χ4v) is 4.63. The summed E-state index contributed by atoms with van der Waals surface area (Å²) < 4.78 is 17.9. The average molecular weight is 484 g/mol. The summed E-state index contributed by atoms with van der Waals surface area (Å²) in [6.45, 7) is 13.0. The standard InChI is InChI=1S/C24H26ClN5O4/c1-14-21(29-19-5-4-17(26-3)8-18(19)25)27-13-28-22(14)33-20-15-9-30(10-16(20)12-32-11-15)23(31)34-24(2)6-7-24/h4-5,8,13,15-16,20H,6-7,9-12H2,1-2H3,(H,27,28,29). The predicted octanol–water partition coefficient (Wildman–Crippen LogP) is 4.75. The zero-order valence-corrected chi connectivity index (χ0v) is 19.8. The Bertz CT molecular complexity index is 1130. The number of piperidine rings is 1. The van der Waals surface area contributed by atoms with Crippen LogP contribution < -0.4 is 10.1 Å². The Morgan fingerprint density at radius 1 is 1.29 bits per heavy atom. The highest BCUT2D eigenvalue weighted by Crippen LogP contribution is 2.40. The Balaban J connectivity index is 1.30. The quantitative estimate of drug-likeness (QED) is 0.614. The Morgan fingerprint density at radius 2 is 2.03 bits per heavy atom. The van der Waals surface area contributed by atoms with Gasteiger partial charge < -0.3 is 24.4 Å². The minimum atomic E-state index is -0.295. The summed E-state index contributed by atoms with van der Waals surface area (Å²) in [6.07, 6.45) is 2.92. The van der Waals surface area contributed by atoms with Crippen LogP contribution in [0.3, 0.4) is 0 Å². The molecule has 3 fully saturated rings. The zero-order chi connectivity index (χ0) is 23.9. The number of fused-ring (bicyclic) bond motifs is 2. The van der Waals surface area contributed by atoms with Crippen molar-refractivity contribution in [3.63, 3.8) is 0 Å². The second kappa shape index (κ2) is 8.93. The van der Waals surface area contributed by atoms with Crippen molar-refractivity contribution < 1.29 is 19.0 Å². The van der Waals surface area contributed by atoms with Gasteiger partial charge in [-0.25, -0.2) is 19.6 Å². The smallest absolute Gasteiger partial charge is 0.410 e. The van der Waals surface area contributed by atoms with E-state index in [2.05, 4.69) is 20.1 Å². The molecular weight excluding hydrogens is 458 g/mol. The van der Waals surface area contributed by atoms with Crippen LogP contribution in [0.1, 0.15) is 25.3 Å². The van der Waals surface area contributed by atoms with E-state index in [1.54, 1.807) is 23.1 Å². The Labute approximate surface area is 203 Å². The molecular formula is C24H26ClN5O4. The first kappa shape index (κ1) is 22.7. The molecule has 34 heavy (non-hydrogen) atoms. The Morgan fingerprint density at radius 3 is 2.68 bits per heavy atom. The van der Waals surface area contributed by atoms with Gasteiger partial charge in [0.25, 0.3) is 0 Å². The lowest BCUT2D eigenvalue weighted by Crippen LogP contribution is -2.59. The molecule has 1 aromatic carbocycles. The van der Waals surface area contributed by atoms with Crippen molar-refractivity contribution in [2.24, 2.45) is 11.8 Å². The maximum absolute atomic E-state index is 12.7. The number of ether oxygens (including phenoxy) is 3. The number of likely N-dealkylation sites (tertiary alicyclic amines) is 1. The van der Waals surface area contributed by atoms with Crippen molar-refractivity contribution in [2.45, 2.75) is 38.4 Å². The molecule has 2 aromatic rings. The van der Waals surface area contributed by atoms with Gasteiger partial charge in [0.15, 0.2) is 5.69 Å². The maximum atomic E-state index is 12.7. The maximum Gasteiger partial charge on any atom is 0.410 e. The van der Waals surface area contributed by atoms with Crippen LogP contribution in [0.15, 0.2) is 24.5 Å². The summed E-state index contributed by atoms with van der Waals surface area (Å²) >= 11 is 6.32. The number of anilines is 2. The highest BCUT2D eigenvalue weighted by molar-refractivity contribution is 6.33. The second-order valence-corrected chi connectivity index (χ2v) is 9.82. The molecule has 2 aliphatic heterocycles. The van der Waals surface area contributed by atoms with E-state index < -0.39 is 0 Å². The third-order valence-corrected chi connectivity index (χ3v) is 6.98. The molecule has 1 amide bonds. The number of rotatable bonds is 5. The number of nitrogens with one attached hydrogen (secondary N) is 1. The molecule has 1 N–H and O–H groups in total. The van der Waals surface area contributed by atoms with Gasteiger partial charge in [0.05, 0.1) is 36.1 Å². The molecule has 1 aromatic heterocycles. The number of aromatic nitrogens is 2. The van der Waals surface area contributed by atoms with Crippen LogP contribution in [0.25, 0.3) is 4.85 Å². The first-order chi connectivity index (χ1) is 16.3. The molecule has 0 spiro atoms. The molecule has 3 aliphatic rings. The van der Waals surface area contributed by atoms with E-state index in [1.807, 2.05) is 13.8 Å². The number of halogens is 1. The first-order valence-electron chi connectivity index (χ1n) is 11.3. The lowest BCUT2D eigenvalue weighted by Gasteiger charge is -2.46. The molecule has 178 valence electrons. The molecule has 2 atom stereocenters. The summed E-state index contributed by atoms with van der Waals surface area (Å²) in [7, 11) is 0. The van der Waals surface area contributed by atoms with Crippen LogP contribution in [0, 0.1) is 25.3 Å². The van der Waals surface area contributed by atoms with Crippen LogP contribution in [-0.2, 0) is 9.47 Å². The number of nitrogens with zero attached hydrogens (tertiary/aromatic N) is 4. The highest BCUT2D eigenvalue weighted by atomic mass is 35.5. The minimum Gasteiger partial charge on any atom is -0.473 e. The van der Waals surface area contributed by atoms with Gasteiger partial charge in [-0.1, -0.05) is 17.7 Å². The van der Waals surface area contributed by atoms with Gasteiger partial charge in [0.2, 0.25) is 5.88 Å². The van der Waals surface area contributed by atoms with Crippen LogP contribution in [0.4, 0.5) is 22.0 Å². The van der Waals surface area contributed by atoms with E-state index in [9.17, 15) is 4.79 Å². The van der Waals surface area contributed by atoms with Crippen molar-refractivity contribution >= 4 is 34.9 Å². The molecule has 10 heteroatoms. The van der Waals surface area contributed by atoms with Gasteiger partial charge >= 0.3 is 6.09 Å². The van der Waals surface area contributed by atoms with Gasteiger partial charge in [-0.2, -0.15) is 0 Å². The topological polar surface area (TPSA) is 90.2 Å². The van der Waals surface area contributed by atoms with Crippen LogP contribution >= 0.6 is 11.6 Å². The largest absolute Gasteiger partial charge is 0.473 e. The number of amides is 1. The van der Waals surface area contributed by atoms with E-state index in [4.69, 9.17) is 32.4 Å². The highest BCUT2D eigenvalue weighted by Gasteiger charge is 2.47. The molecule has 1 aliphatic carbocycles. The second-order valence-electron chi connectivity index (χ2n) is 9.42. The van der Waals surface area contributed by atoms with Crippen LogP contribution in [0.5, 0.6) is 5.88 Å². The van der Waals surface area contributed by atoms with Gasteiger partial charge in [-0.05, 0) is 38.8 Å². The number of hydrogen-bond acceptors (Lipinski definition) is 7. The lowest BCUT2D eigenvalue weighted by molar-refractivity contribution is -0.111. The third kappa shape index (κ3) is 4.61. The normalized spacial score (nSPS) is 24.6. The van der Waals surface area contributed by atoms with Gasteiger partial charge in [-0.3, -0.25) is 0 Å². The lowest BCUT2D eigenvalue weighted by atomic mass is 9.84.